The number of nitrogens with two attached hydrogens (primary N) is 1. The van der Waals surface area contributed by atoms with E-state index >= 15 is 0 Å². The van der Waals surface area contributed by atoms with Gasteiger partial charge in [0.25, 0.3) is 0 Å². The van der Waals surface area contributed by atoms with Crippen LogP contribution in [0.5, 0.6) is 5.75 Å². The Hall–Kier alpha value is -1.01. The minimum Gasteiger partial charge on any atom is -0.490 e. The molecule has 0 atom stereocenters. The third-order valence-electron chi connectivity index (χ3n) is 2.43. The second-order valence-electron chi connectivity index (χ2n) is 3.46. The van der Waals surface area contributed by atoms with Crippen LogP contribution in [0.2, 0.25) is 0 Å². The average molecular weight is 229 g/mol. The molecule has 0 aromatic carbocycles. The van der Waals surface area contributed by atoms with Gasteiger partial charge in [-0.05, 0) is 24.4 Å². The fourth-order valence-corrected chi connectivity index (χ4v) is 2.37. The topological polar surface area (TPSA) is 69.4 Å². The van der Waals surface area contributed by atoms with Gasteiger partial charge in [-0.2, -0.15) is 4.37 Å². The third kappa shape index (κ3) is 2.32. The van der Waals surface area contributed by atoms with Crippen molar-refractivity contribution in [3.8, 4) is 5.75 Å². The molecule has 1 saturated heterocycles. The van der Waals surface area contributed by atoms with Crippen molar-refractivity contribution in [1.29, 1.82) is 0 Å². The van der Waals surface area contributed by atoms with E-state index in [4.69, 9.17) is 15.2 Å². The molecule has 1 aromatic rings. The van der Waals surface area contributed by atoms with E-state index in [1.807, 2.05) is 0 Å². The molecule has 0 bridgehead atoms. The Bertz CT molecular complexity index is 323. The minimum atomic E-state index is 0.438. The van der Waals surface area contributed by atoms with Gasteiger partial charge in [-0.25, -0.2) is 0 Å². The number of anilines is 2. The molecule has 2 heterocycles. The Balaban J connectivity index is 2.02. The first-order valence-electron chi connectivity index (χ1n) is 4.94. The van der Waals surface area contributed by atoms with Crippen LogP contribution in [-0.4, -0.2) is 30.7 Å². The first-order chi connectivity index (χ1) is 7.31. The summed E-state index contributed by atoms with van der Waals surface area (Å²) >= 11 is 1.34. The zero-order valence-corrected chi connectivity index (χ0v) is 9.47. The van der Waals surface area contributed by atoms with Crippen molar-refractivity contribution < 1.29 is 9.47 Å². The Labute approximate surface area is 92.7 Å². The molecular formula is C9H15N3O2S. The highest BCUT2D eigenvalue weighted by atomic mass is 32.1. The average Bonchev–Trinajstić information content (AvgIpc) is 2.61. The van der Waals surface area contributed by atoms with Gasteiger partial charge in [0.2, 0.25) is 0 Å². The molecule has 0 radical (unpaired) electrons. The zero-order valence-electron chi connectivity index (χ0n) is 8.66. The Morgan fingerprint density at radius 1 is 1.53 bits per heavy atom. The molecule has 3 N–H and O–H groups in total. The Morgan fingerprint density at radius 3 is 2.93 bits per heavy atom. The Kier molecular flexibility index (Phi) is 3.27. The Morgan fingerprint density at radius 2 is 2.27 bits per heavy atom. The number of methoxy groups -OCH3 is 1. The predicted octanol–water partition coefficient (Wildman–Crippen LogP) is 1.32. The van der Waals surface area contributed by atoms with Gasteiger partial charge in [0, 0.05) is 19.3 Å². The fourth-order valence-electron chi connectivity index (χ4n) is 1.61. The molecule has 1 aliphatic heterocycles. The second-order valence-corrected chi connectivity index (χ2v) is 4.23. The van der Waals surface area contributed by atoms with Crippen LogP contribution in [0.15, 0.2) is 0 Å². The monoisotopic (exact) mass is 229 g/mol. The van der Waals surface area contributed by atoms with Gasteiger partial charge < -0.3 is 20.5 Å². The van der Waals surface area contributed by atoms with E-state index in [1.54, 1.807) is 7.11 Å². The zero-order chi connectivity index (χ0) is 10.7. The summed E-state index contributed by atoms with van der Waals surface area (Å²) < 4.78 is 14.5. The van der Waals surface area contributed by atoms with E-state index in [-0.39, 0.29) is 0 Å². The van der Waals surface area contributed by atoms with Crippen LogP contribution < -0.4 is 15.8 Å². The number of aromatic nitrogens is 1. The highest BCUT2D eigenvalue weighted by molar-refractivity contribution is 7.11. The summed E-state index contributed by atoms with van der Waals surface area (Å²) in [7, 11) is 1.61. The highest BCUT2D eigenvalue weighted by Gasteiger charge is 2.18. The summed E-state index contributed by atoms with van der Waals surface area (Å²) in [5, 5.41) is 4.31. The first kappa shape index (κ1) is 10.5. The molecular weight excluding hydrogens is 214 g/mol. The van der Waals surface area contributed by atoms with Gasteiger partial charge >= 0.3 is 0 Å². The maximum atomic E-state index is 5.67. The normalized spacial score (nSPS) is 17.7. The summed E-state index contributed by atoms with van der Waals surface area (Å²) in [6.45, 7) is 1.63. The first-order valence-corrected chi connectivity index (χ1v) is 5.72. The molecule has 0 saturated carbocycles. The molecule has 0 aliphatic carbocycles. The number of ether oxygens (including phenoxy) is 2. The number of hydrogen-bond acceptors (Lipinski definition) is 6. The molecule has 84 valence electrons. The molecule has 1 aliphatic rings. The van der Waals surface area contributed by atoms with E-state index in [2.05, 4.69) is 9.69 Å². The van der Waals surface area contributed by atoms with Crippen molar-refractivity contribution in [2.24, 2.45) is 0 Å². The lowest BCUT2D eigenvalue weighted by Gasteiger charge is -2.23. The van der Waals surface area contributed by atoms with Gasteiger partial charge in [0.1, 0.15) is 0 Å². The van der Waals surface area contributed by atoms with Crippen LogP contribution in [0.4, 0.5) is 10.8 Å². The minimum absolute atomic E-state index is 0.438. The van der Waals surface area contributed by atoms with Crippen LogP contribution in [0.3, 0.4) is 0 Å². The number of nitrogens with zero attached hydrogens (tertiary/aromatic N) is 1. The van der Waals surface area contributed by atoms with Crippen molar-refractivity contribution in [1.82, 2.24) is 4.37 Å². The molecule has 0 unspecified atom stereocenters. The molecule has 2 rings (SSSR count). The third-order valence-corrected chi connectivity index (χ3v) is 3.21. The summed E-state index contributed by atoms with van der Waals surface area (Å²) in [4.78, 5) is 0. The summed E-state index contributed by atoms with van der Waals surface area (Å²) in [5.41, 5.74) is 5.67. The predicted molar refractivity (Wildman–Crippen MR) is 60.5 cm³/mol. The van der Waals surface area contributed by atoms with Crippen molar-refractivity contribution >= 4 is 22.4 Å². The van der Waals surface area contributed by atoms with E-state index in [1.165, 1.54) is 11.5 Å². The largest absolute Gasteiger partial charge is 0.490 e. The summed E-state index contributed by atoms with van der Waals surface area (Å²) in [6, 6.07) is 0.438. The van der Waals surface area contributed by atoms with E-state index in [9.17, 15) is 0 Å². The lowest BCUT2D eigenvalue weighted by atomic mass is 10.1. The van der Waals surface area contributed by atoms with E-state index in [0.29, 0.717) is 17.6 Å². The SMILES string of the molecule is COc1c(N)nsc1NC1CCOCC1. The van der Waals surface area contributed by atoms with E-state index in [0.717, 1.165) is 31.1 Å². The summed E-state index contributed by atoms with van der Waals surface area (Å²) in [5.74, 6) is 1.11. The van der Waals surface area contributed by atoms with Crippen LogP contribution in [0.1, 0.15) is 12.8 Å². The number of nitrogens with one attached hydrogen (secondary N) is 1. The van der Waals surface area contributed by atoms with Gasteiger partial charge in [-0.3, -0.25) is 0 Å². The van der Waals surface area contributed by atoms with Crippen molar-refractivity contribution in [3.05, 3.63) is 0 Å². The van der Waals surface area contributed by atoms with Crippen LogP contribution in [0, 0.1) is 0 Å². The highest BCUT2D eigenvalue weighted by Crippen LogP contribution is 2.35. The number of hydrogen-bond donors (Lipinski definition) is 2. The van der Waals surface area contributed by atoms with Gasteiger partial charge in [0.05, 0.1) is 7.11 Å². The van der Waals surface area contributed by atoms with Crippen molar-refractivity contribution in [2.45, 2.75) is 18.9 Å². The molecule has 5 nitrogen and oxygen atoms in total. The molecule has 6 heteroatoms. The smallest absolute Gasteiger partial charge is 0.197 e. The van der Waals surface area contributed by atoms with Crippen LogP contribution >= 0.6 is 11.5 Å². The van der Waals surface area contributed by atoms with Crippen molar-refractivity contribution in [2.75, 3.05) is 31.4 Å². The van der Waals surface area contributed by atoms with Crippen molar-refractivity contribution in [3.63, 3.8) is 0 Å². The fraction of sp³-hybridized carbons (Fsp3) is 0.667. The number of rotatable bonds is 3. The number of nitrogen functional groups attached to an aromatic ring is 1. The molecule has 15 heavy (non-hydrogen) atoms. The molecule has 0 amide bonds. The van der Waals surface area contributed by atoms with Gasteiger partial charge in [-0.1, -0.05) is 0 Å². The molecule has 1 aromatic heterocycles. The molecule has 1 fully saturated rings. The van der Waals surface area contributed by atoms with Crippen LogP contribution in [0.25, 0.3) is 0 Å². The maximum Gasteiger partial charge on any atom is 0.197 e. The van der Waals surface area contributed by atoms with Crippen LogP contribution in [-0.2, 0) is 4.74 Å². The maximum absolute atomic E-state index is 5.67. The van der Waals surface area contributed by atoms with Gasteiger partial charge in [-0.15, -0.1) is 0 Å². The molecule has 0 spiro atoms. The summed E-state index contributed by atoms with van der Waals surface area (Å²) in [6.07, 6.45) is 2.03. The second kappa shape index (κ2) is 4.67. The standard InChI is InChI=1S/C9H15N3O2S/c1-13-7-8(10)12-15-9(7)11-6-2-4-14-5-3-6/h6,11H,2-5H2,1H3,(H2,10,12). The quantitative estimate of drug-likeness (QED) is 0.818. The lowest BCUT2D eigenvalue weighted by Crippen LogP contribution is -2.27. The van der Waals surface area contributed by atoms with Gasteiger partial charge in [0.15, 0.2) is 16.6 Å². The van der Waals surface area contributed by atoms with E-state index < -0.39 is 0 Å². The lowest BCUT2D eigenvalue weighted by molar-refractivity contribution is 0.0904.